The highest BCUT2D eigenvalue weighted by Gasteiger charge is 2.34. The molecule has 0 aromatic heterocycles. The van der Waals surface area contributed by atoms with E-state index < -0.39 is 0 Å². The molecule has 2 aromatic rings. The van der Waals surface area contributed by atoms with Gasteiger partial charge in [-0.05, 0) is 61.1 Å². The van der Waals surface area contributed by atoms with E-state index in [4.69, 9.17) is 0 Å². The molecule has 2 nitrogen and oxygen atoms in total. The van der Waals surface area contributed by atoms with Crippen LogP contribution in [-0.4, -0.2) is 29.2 Å². The maximum atomic E-state index is 9.77. The molecule has 1 heterocycles. The topological polar surface area (TPSA) is 23.5 Å². The fraction of sp³-hybridized carbons (Fsp3) is 0.400. The molecule has 0 unspecified atom stereocenters. The summed E-state index contributed by atoms with van der Waals surface area (Å²) in [6, 6.07) is 13.3. The second kappa shape index (κ2) is 5.86. The third-order valence-electron chi connectivity index (χ3n) is 5.14. The fourth-order valence-electron chi connectivity index (χ4n) is 3.40. The highest BCUT2D eigenvalue weighted by Crippen LogP contribution is 2.36. The van der Waals surface area contributed by atoms with Crippen molar-refractivity contribution in [2.45, 2.75) is 39.8 Å². The zero-order valence-corrected chi connectivity index (χ0v) is 13.9. The first-order valence-corrected chi connectivity index (χ1v) is 8.03. The molecule has 0 spiro atoms. The first-order valence-electron chi connectivity index (χ1n) is 8.03. The van der Waals surface area contributed by atoms with Crippen molar-refractivity contribution < 1.29 is 5.11 Å². The Kier molecular flexibility index (Phi) is 4.07. The molecule has 3 rings (SSSR count). The Balaban J connectivity index is 2.12. The van der Waals surface area contributed by atoms with Gasteiger partial charge in [-0.15, -0.1) is 0 Å². The molecule has 1 aliphatic heterocycles. The average Bonchev–Trinajstić information content (AvgIpc) is 2.46. The van der Waals surface area contributed by atoms with Gasteiger partial charge in [-0.1, -0.05) is 36.4 Å². The lowest BCUT2D eigenvalue weighted by Gasteiger charge is -2.43. The lowest BCUT2D eigenvalue weighted by atomic mass is 9.86. The zero-order chi connectivity index (χ0) is 15.9. The van der Waals surface area contributed by atoms with Gasteiger partial charge in [0.2, 0.25) is 0 Å². The third-order valence-corrected chi connectivity index (χ3v) is 5.14. The van der Waals surface area contributed by atoms with Crippen LogP contribution < -0.4 is 0 Å². The average molecular weight is 295 g/mol. The summed E-state index contributed by atoms with van der Waals surface area (Å²) in [6.45, 7) is 10.3. The van der Waals surface area contributed by atoms with Crippen LogP contribution in [0.1, 0.15) is 39.4 Å². The molecule has 1 saturated heterocycles. The number of likely N-dealkylation sites (tertiary alicyclic amines) is 1. The minimum absolute atomic E-state index is 0.183. The molecular weight excluding hydrogens is 270 g/mol. The van der Waals surface area contributed by atoms with Gasteiger partial charge in [0.15, 0.2) is 0 Å². The van der Waals surface area contributed by atoms with Crippen molar-refractivity contribution in [1.82, 2.24) is 4.90 Å². The van der Waals surface area contributed by atoms with E-state index in [1.54, 1.807) is 0 Å². The molecular formula is C20H25NO. The molecule has 0 saturated carbocycles. The van der Waals surface area contributed by atoms with Crippen molar-refractivity contribution >= 4 is 0 Å². The van der Waals surface area contributed by atoms with Crippen LogP contribution in [0.25, 0.3) is 0 Å². The number of β-amino-alcohol motifs (C(OH)–C–C–N with tert-alkyl or cyclic N) is 1. The summed E-state index contributed by atoms with van der Waals surface area (Å²) in [4.78, 5) is 2.38. The summed E-state index contributed by atoms with van der Waals surface area (Å²) in [6.07, 6.45) is -0.183. The monoisotopic (exact) mass is 295 g/mol. The van der Waals surface area contributed by atoms with E-state index in [-0.39, 0.29) is 12.1 Å². The molecule has 0 aliphatic carbocycles. The van der Waals surface area contributed by atoms with Gasteiger partial charge < -0.3 is 5.11 Å². The fourth-order valence-corrected chi connectivity index (χ4v) is 3.40. The quantitative estimate of drug-likeness (QED) is 0.933. The lowest BCUT2D eigenvalue weighted by Crippen LogP contribution is -2.52. The number of nitrogens with zero attached hydrogens (tertiary/aromatic N) is 1. The van der Waals surface area contributed by atoms with Crippen LogP contribution in [0, 0.1) is 27.7 Å². The molecule has 0 atom stereocenters. The Labute approximate surface area is 133 Å². The number of rotatable bonds is 3. The van der Waals surface area contributed by atoms with Crippen molar-refractivity contribution in [3.8, 4) is 0 Å². The molecule has 0 radical (unpaired) electrons. The highest BCUT2D eigenvalue weighted by atomic mass is 16.3. The standard InChI is InChI=1S/C20H25NO/c1-13-7-5-9-18(15(13)3)20(21-11-17(22)12-21)19-10-6-8-14(2)16(19)4/h5-10,17,20,22H,11-12H2,1-4H3. The van der Waals surface area contributed by atoms with E-state index >= 15 is 0 Å². The number of benzene rings is 2. The SMILES string of the molecule is Cc1cccc(C(c2cccc(C)c2C)N2CC(O)C2)c1C. The largest absolute Gasteiger partial charge is 0.390 e. The minimum atomic E-state index is -0.183. The first-order chi connectivity index (χ1) is 10.5. The van der Waals surface area contributed by atoms with Gasteiger partial charge >= 0.3 is 0 Å². The molecule has 22 heavy (non-hydrogen) atoms. The van der Waals surface area contributed by atoms with Gasteiger partial charge in [-0.2, -0.15) is 0 Å². The number of aryl methyl sites for hydroxylation is 2. The molecule has 1 N–H and O–H groups in total. The summed E-state index contributed by atoms with van der Waals surface area (Å²) in [5.74, 6) is 0. The maximum Gasteiger partial charge on any atom is 0.0794 e. The molecule has 0 amide bonds. The van der Waals surface area contributed by atoms with Gasteiger partial charge in [0.05, 0.1) is 12.1 Å². The van der Waals surface area contributed by atoms with Crippen molar-refractivity contribution in [1.29, 1.82) is 0 Å². The molecule has 0 bridgehead atoms. The van der Waals surface area contributed by atoms with E-state index in [2.05, 4.69) is 69.0 Å². The Morgan fingerprint density at radius 3 is 1.73 bits per heavy atom. The highest BCUT2D eigenvalue weighted by molar-refractivity contribution is 5.45. The number of aliphatic hydroxyl groups is 1. The van der Waals surface area contributed by atoms with Crippen LogP contribution in [0.4, 0.5) is 0 Å². The summed E-state index contributed by atoms with van der Waals surface area (Å²) in [5.41, 5.74) is 8.09. The first kappa shape index (κ1) is 15.3. The second-order valence-electron chi connectivity index (χ2n) is 6.59. The van der Waals surface area contributed by atoms with E-state index in [1.807, 2.05) is 0 Å². The number of aliphatic hydroxyl groups excluding tert-OH is 1. The lowest BCUT2D eigenvalue weighted by molar-refractivity contribution is -0.0163. The molecule has 2 heteroatoms. The van der Waals surface area contributed by atoms with Crippen LogP contribution in [0.5, 0.6) is 0 Å². The van der Waals surface area contributed by atoms with Gasteiger partial charge in [0.1, 0.15) is 0 Å². The van der Waals surface area contributed by atoms with E-state index in [0.29, 0.717) is 0 Å². The zero-order valence-electron chi connectivity index (χ0n) is 13.9. The summed E-state index contributed by atoms with van der Waals surface area (Å²) in [5, 5.41) is 9.77. The van der Waals surface area contributed by atoms with Crippen molar-refractivity contribution in [2.75, 3.05) is 13.1 Å². The van der Waals surface area contributed by atoms with Crippen molar-refractivity contribution in [3.05, 3.63) is 69.8 Å². The Hall–Kier alpha value is -1.64. The van der Waals surface area contributed by atoms with Crippen molar-refractivity contribution in [3.63, 3.8) is 0 Å². The summed E-state index contributed by atoms with van der Waals surface area (Å²) >= 11 is 0. The van der Waals surface area contributed by atoms with Crippen LogP contribution in [-0.2, 0) is 0 Å². The smallest absolute Gasteiger partial charge is 0.0794 e. The maximum absolute atomic E-state index is 9.77. The minimum Gasteiger partial charge on any atom is -0.390 e. The van der Waals surface area contributed by atoms with Crippen LogP contribution >= 0.6 is 0 Å². The van der Waals surface area contributed by atoms with Crippen LogP contribution in [0.2, 0.25) is 0 Å². The Bertz CT molecular complexity index is 635. The van der Waals surface area contributed by atoms with E-state index in [1.165, 1.54) is 33.4 Å². The van der Waals surface area contributed by atoms with Crippen LogP contribution in [0.15, 0.2) is 36.4 Å². The predicted molar refractivity (Wildman–Crippen MR) is 91.3 cm³/mol. The normalized spacial score (nSPS) is 16.1. The van der Waals surface area contributed by atoms with Crippen LogP contribution in [0.3, 0.4) is 0 Å². The Morgan fingerprint density at radius 1 is 0.864 bits per heavy atom. The van der Waals surface area contributed by atoms with E-state index in [9.17, 15) is 5.11 Å². The summed E-state index contributed by atoms with van der Waals surface area (Å²) < 4.78 is 0. The van der Waals surface area contributed by atoms with Gasteiger partial charge in [0, 0.05) is 13.1 Å². The molecule has 1 fully saturated rings. The Morgan fingerprint density at radius 2 is 1.32 bits per heavy atom. The molecule has 116 valence electrons. The van der Waals surface area contributed by atoms with Gasteiger partial charge in [-0.3, -0.25) is 4.90 Å². The van der Waals surface area contributed by atoms with Gasteiger partial charge in [0.25, 0.3) is 0 Å². The summed E-state index contributed by atoms with van der Waals surface area (Å²) in [7, 11) is 0. The number of hydrogen-bond donors (Lipinski definition) is 1. The van der Waals surface area contributed by atoms with E-state index in [0.717, 1.165) is 13.1 Å². The second-order valence-corrected chi connectivity index (χ2v) is 6.59. The predicted octanol–water partition coefficient (Wildman–Crippen LogP) is 3.69. The molecule has 1 aliphatic rings. The van der Waals surface area contributed by atoms with Gasteiger partial charge in [-0.25, -0.2) is 0 Å². The number of hydrogen-bond acceptors (Lipinski definition) is 2. The van der Waals surface area contributed by atoms with Crippen molar-refractivity contribution in [2.24, 2.45) is 0 Å². The third kappa shape index (κ3) is 2.57. The molecule has 2 aromatic carbocycles.